The summed E-state index contributed by atoms with van der Waals surface area (Å²) in [5, 5.41) is 5.15. The van der Waals surface area contributed by atoms with Gasteiger partial charge in [0, 0.05) is 11.4 Å². The molecule has 0 aliphatic heterocycles. The first-order valence-electron chi connectivity index (χ1n) is 2.96. The summed E-state index contributed by atoms with van der Waals surface area (Å²) in [6.07, 6.45) is 0. The van der Waals surface area contributed by atoms with Crippen LogP contribution in [0, 0.1) is 0 Å². The molecule has 0 atom stereocenters. The number of hydrogen-bond donors (Lipinski definition) is 1. The Morgan fingerprint density at radius 2 is 2.44 bits per heavy atom. The van der Waals surface area contributed by atoms with E-state index in [1.165, 1.54) is 11.5 Å². The fourth-order valence-corrected chi connectivity index (χ4v) is 1.06. The molecule has 1 N–H and O–H groups in total. The molecular formula is C6H10N2S. The van der Waals surface area contributed by atoms with Crippen LogP contribution >= 0.6 is 11.5 Å². The summed E-state index contributed by atoms with van der Waals surface area (Å²) in [6.45, 7) is 4.19. The van der Waals surface area contributed by atoms with Crippen molar-refractivity contribution < 1.29 is 0 Å². The molecule has 1 aromatic heterocycles. The SMILES string of the molecule is CC(C)Nc1ccsn1. The summed E-state index contributed by atoms with van der Waals surface area (Å²) in [4.78, 5) is 0. The lowest BCUT2D eigenvalue weighted by atomic mass is 10.4. The second kappa shape index (κ2) is 2.82. The highest BCUT2D eigenvalue weighted by atomic mass is 32.1. The number of hydrogen-bond acceptors (Lipinski definition) is 3. The Morgan fingerprint density at radius 1 is 1.67 bits per heavy atom. The molecular weight excluding hydrogens is 132 g/mol. The topological polar surface area (TPSA) is 24.9 Å². The Hall–Kier alpha value is -0.570. The standard InChI is InChI=1S/C6H10N2S/c1-5(2)7-6-3-4-9-8-6/h3-5H,1-2H3,(H,7,8). The highest BCUT2D eigenvalue weighted by molar-refractivity contribution is 7.03. The van der Waals surface area contributed by atoms with Crippen molar-refractivity contribution in [3.8, 4) is 0 Å². The normalized spacial score (nSPS) is 10.1. The van der Waals surface area contributed by atoms with Crippen molar-refractivity contribution in [1.82, 2.24) is 4.37 Å². The van der Waals surface area contributed by atoms with Gasteiger partial charge in [-0.05, 0) is 31.4 Å². The van der Waals surface area contributed by atoms with Crippen molar-refractivity contribution in [2.45, 2.75) is 19.9 Å². The predicted molar refractivity (Wildman–Crippen MR) is 40.9 cm³/mol. The Bertz CT molecular complexity index is 158. The van der Waals surface area contributed by atoms with E-state index in [9.17, 15) is 0 Å². The van der Waals surface area contributed by atoms with Crippen LogP contribution in [-0.2, 0) is 0 Å². The van der Waals surface area contributed by atoms with Gasteiger partial charge in [0.2, 0.25) is 0 Å². The second-order valence-electron chi connectivity index (χ2n) is 2.18. The van der Waals surface area contributed by atoms with Crippen molar-refractivity contribution in [1.29, 1.82) is 0 Å². The Labute approximate surface area is 59.1 Å². The molecule has 0 radical (unpaired) electrons. The van der Waals surface area contributed by atoms with E-state index in [0.717, 1.165) is 5.82 Å². The molecule has 50 valence electrons. The van der Waals surface area contributed by atoms with Crippen LogP contribution in [0.2, 0.25) is 0 Å². The molecule has 0 bridgehead atoms. The van der Waals surface area contributed by atoms with Gasteiger partial charge in [0.25, 0.3) is 0 Å². The molecule has 2 nitrogen and oxygen atoms in total. The maximum atomic E-state index is 4.09. The zero-order valence-corrected chi connectivity index (χ0v) is 6.40. The average Bonchev–Trinajstić information content (AvgIpc) is 2.15. The summed E-state index contributed by atoms with van der Waals surface area (Å²) in [7, 11) is 0. The maximum Gasteiger partial charge on any atom is 0.139 e. The largest absolute Gasteiger partial charge is 0.367 e. The summed E-state index contributed by atoms with van der Waals surface area (Å²) in [6, 6.07) is 2.46. The van der Waals surface area contributed by atoms with Gasteiger partial charge in [0.05, 0.1) is 0 Å². The lowest BCUT2D eigenvalue weighted by molar-refractivity contribution is 0.894. The molecule has 0 unspecified atom stereocenters. The van der Waals surface area contributed by atoms with E-state index in [-0.39, 0.29) is 0 Å². The average molecular weight is 142 g/mol. The number of aromatic nitrogens is 1. The van der Waals surface area contributed by atoms with E-state index >= 15 is 0 Å². The minimum atomic E-state index is 0.479. The van der Waals surface area contributed by atoms with Gasteiger partial charge < -0.3 is 5.32 Å². The smallest absolute Gasteiger partial charge is 0.139 e. The summed E-state index contributed by atoms with van der Waals surface area (Å²) >= 11 is 1.47. The van der Waals surface area contributed by atoms with Gasteiger partial charge in [-0.15, -0.1) is 0 Å². The molecule has 9 heavy (non-hydrogen) atoms. The van der Waals surface area contributed by atoms with Crippen LogP contribution in [0.25, 0.3) is 0 Å². The monoisotopic (exact) mass is 142 g/mol. The summed E-state index contributed by atoms with van der Waals surface area (Å²) in [5.74, 6) is 0.981. The molecule has 1 aromatic rings. The first-order valence-corrected chi connectivity index (χ1v) is 3.79. The third-order valence-corrected chi connectivity index (χ3v) is 1.43. The molecule has 0 aromatic carbocycles. The summed E-state index contributed by atoms with van der Waals surface area (Å²) in [5.41, 5.74) is 0. The third kappa shape index (κ3) is 2.01. The molecule has 0 spiro atoms. The van der Waals surface area contributed by atoms with Gasteiger partial charge in [-0.25, -0.2) is 0 Å². The second-order valence-corrected chi connectivity index (χ2v) is 2.85. The van der Waals surface area contributed by atoms with Crippen LogP contribution in [0.4, 0.5) is 5.82 Å². The van der Waals surface area contributed by atoms with Gasteiger partial charge in [0.15, 0.2) is 0 Å². The van der Waals surface area contributed by atoms with Crippen LogP contribution < -0.4 is 5.32 Å². The van der Waals surface area contributed by atoms with E-state index in [4.69, 9.17) is 0 Å². The molecule has 1 rings (SSSR count). The molecule has 0 saturated carbocycles. The first kappa shape index (κ1) is 6.55. The van der Waals surface area contributed by atoms with Crippen LogP contribution in [0.15, 0.2) is 11.4 Å². The van der Waals surface area contributed by atoms with Crippen molar-refractivity contribution in [3.63, 3.8) is 0 Å². The fourth-order valence-electron chi connectivity index (χ4n) is 0.583. The Morgan fingerprint density at radius 3 is 2.89 bits per heavy atom. The lowest BCUT2D eigenvalue weighted by Crippen LogP contribution is -2.09. The van der Waals surface area contributed by atoms with Crippen LogP contribution in [0.1, 0.15) is 13.8 Å². The van der Waals surface area contributed by atoms with Gasteiger partial charge in [-0.3, -0.25) is 0 Å². The molecule has 1 heterocycles. The van der Waals surface area contributed by atoms with Crippen LogP contribution in [-0.4, -0.2) is 10.4 Å². The summed E-state index contributed by atoms with van der Waals surface area (Å²) < 4.78 is 4.09. The van der Waals surface area contributed by atoms with E-state index < -0.39 is 0 Å². The van der Waals surface area contributed by atoms with Crippen LogP contribution in [0.5, 0.6) is 0 Å². The van der Waals surface area contributed by atoms with Gasteiger partial charge in [-0.2, -0.15) is 4.37 Å². The first-order chi connectivity index (χ1) is 4.29. The fraction of sp³-hybridized carbons (Fsp3) is 0.500. The number of anilines is 1. The third-order valence-electron chi connectivity index (χ3n) is 0.874. The minimum Gasteiger partial charge on any atom is -0.367 e. The number of nitrogens with one attached hydrogen (secondary N) is 1. The lowest BCUT2D eigenvalue weighted by Gasteiger charge is -2.03. The van der Waals surface area contributed by atoms with Crippen molar-refractivity contribution in [2.75, 3.05) is 5.32 Å². The maximum absolute atomic E-state index is 4.09. The number of rotatable bonds is 2. The molecule has 0 aliphatic carbocycles. The van der Waals surface area contributed by atoms with E-state index in [1.807, 2.05) is 11.4 Å². The Balaban J connectivity index is 2.48. The molecule has 0 saturated heterocycles. The minimum absolute atomic E-state index is 0.479. The van der Waals surface area contributed by atoms with E-state index in [2.05, 4.69) is 23.5 Å². The van der Waals surface area contributed by atoms with Crippen LogP contribution in [0.3, 0.4) is 0 Å². The van der Waals surface area contributed by atoms with E-state index in [0.29, 0.717) is 6.04 Å². The molecule has 0 fully saturated rings. The quantitative estimate of drug-likeness (QED) is 0.682. The highest BCUT2D eigenvalue weighted by Crippen LogP contribution is 2.06. The molecule has 3 heteroatoms. The van der Waals surface area contributed by atoms with Gasteiger partial charge >= 0.3 is 0 Å². The van der Waals surface area contributed by atoms with Gasteiger partial charge in [0.1, 0.15) is 5.82 Å². The van der Waals surface area contributed by atoms with Crippen molar-refractivity contribution in [2.24, 2.45) is 0 Å². The van der Waals surface area contributed by atoms with Crippen molar-refractivity contribution in [3.05, 3.63) is 11.4 Å². The van der Waals surface area contributed by atoms with Crippen molar-refractivity contribution >= 4 is 17.4 Å². The number of nitrogens with zero attached hydrogens (tertiary/aromatic N) is 1. The van der Waals surface area contributed by atoms with Gasteiger partial charge in [-0.1, -0.05) is 0 Å². The molecule has 0 aliphatic rings. The zero-order chi connectivity index (χ0) is 6.69. The Kier molecular flexibility index (Phi) is 2.05. The van der Waals surface area contributed by atoms with E-state index in [1.54, 1.807) is 0 Å². The highest BCUT2D eigenvalue weighted by Gasteiger charge is 1.93. The zero-order valence-electron chi connectivity index (χ0n) is 5.59. The molecule has 0 amide bonds. The predicted octanol–water partition coefficient (Wildman–Crippen LogP) is 1.96.